The average molecular weight is 358 g/mol. The summed E-state index contributed by atoms with van der Waals surface area (Å²) in [6, 6.07) is 7.48. The van der Waals surface area contributed by atoms with Gasteiger partial charge in [-0.05, 0) is 48.3 Å². The Morgan fingerprint density at radius 2 is 1.95 bits per heavy atom. The lowest BCUT2D eigenvalue weighted by atomic mass is 10.0. The first kappa shape index (κ1) is 17.5. The van der Waals surface area contributed by atoms with Crippen molar-refractivity contribution in [2.75, 3.05) is 13.7 Å². The van der Waals surface area contributed by atoms with Crippen LogP contribution in [0.2, 0.25) is 0 Å². The first-order chi connectivity index (χ1) is 9.76. The van der Waals surface area contributed by atoms with Gasteiger partial charge in [0.2, 0.25) is 5.91 Å². The lowest BCUT2D eigenvalue weighted by molar-refractivity contribution is -0.155. The minimum absolute atomic E-state index is 0.210. The Balaban J connectivity index is 2.41. The van der Waals surface area contributed by atoms with E-state index in [1.54, 1.807) is 0 Å². The molecule has 0 aliphatic heterocycles. The standard InChI is InChI=1S/C15H20BrNO4/c1-15(2,14(19)20)17(3)13(18)9-6-10-21-12-8-5-4-7-11(12)16/h4-5,7-8H,6,9-10H2,1-3H3,(H,19,20). The molecule has 0 aliphatic rings. The normalized spacial score (nSPS) is 11.0. The van der Waals surface area contributed by atoms with Gasteiger partial charge in [0.1, 0.15) is 11.3 Å². The van der Waals surface area contributed by atoms with E-state index < -0.39 is 11.5 Å². The molecule has 0 aliphatic carbocycles. The maximum absolute atomic E-state index is 12.0. The van der Waals surface area contributed by atoms with E-state index in [0.29, 0.717) is 13.0 Å². The number of rotatable bonds is 7. The molecule has 5 nitrogen and oxygen atoms in total. The highest BCUT2D eigenvalue weighted by Gasteiger charge is 2.34. The molecule has 0 spiro atoms. The molecule has 0 saturated carbocycles. The highest BCUT2D eigenvalue weighted by Crippen LogP contribution is 2.24. The third kappa shape index (κ3) is 4.74. The monoisotopic (exact) mass is 357 g/mol. The van der Waals surface area contributed by atoms with Crippen molar-refractivity contribution in [1.82, 2.24) is 4.90 Å². The molecule has 0 aromatic heterocycles. The number of carboxylic acid groups (broad SMARTS) is 1. The fourth-order valence-corrected chi connectivity index (χ4v) is 1.99. The lowest BCUT2D eigenvalue weighted by Crippen LogP contribution is -2.50. The zero-order chi connectivity index (χ0) is 16.0. The van der Waals surface area contributed by atoms with Gasteiger partial charge >= 0.3 is 5.97 Å². The van der Waals surface area contributed by atoms with Crippen molar-refractivity contribution in [1.29, 1.82) is 0 Å². The van der Waals surface area contributed by atoms with E-state index in [4.69, 9.17) is 9.84 Å². The summed E-state index contributed by atoms with van der Waals surface area (Å²) < 4.78 is 6.43. The van der Waals surface area contributed by atoms with Gasteiger partial charge in [-0.3, -0.25) is 4.79 Å². The van der Waals surface area contributed by atoms with Crippen molar-refractivity contribution in [2.45, 2.75) is 32.2 Å². The zero-order valence-electron chi connectivity index (χ0n) is 12.4. The first-order valence-electron chi connectivity index (χ1n) is 6.64. The Labute approximate surface area is 133 Å². The summed E-state index contributed by atoms with van der Waals surface area (Å²) in [4.78, 5) is 24.3. The van der Waals surface area contributed by atoms with Crippen molar-refractivity contribution in [3.05, 3.63) is 28.7 Å². The SMILES string of the molecule is CN(C(=O)CCCOc1ccccc1Br)C(C)(C)C(=O)O. The molecule has 116 valence electrons. The number of carbonyl (C=O) groups excluding carboxylic acids is 1. The molecule has 0 atom stereocenters. The van der Waals surface area contributed by atoms with Crippen LogP contribution >= 0.6 is 15.9 Å². The molecule has 21 heavy (non-hydrogen) atoms. The lowest BCUT2D eigenvalue weighted by Gasteiger charge is -2.31. The Hall–Kier alpha value is -1.56. The van der Waals surface area contributed by atoms with Gasteiger partial charge < -0.3 is 14.7 Å². The summed E-state index contributed by atoms with van der Waals surface area (Å²) in [6.07, 6.45) is 0.776. The minimum Gasteiger partial charge on any atom is -0.492 e. The predicted octanol–water partition coefficient (Wildman–Crippen LogP) is 2.93. The Morgan fingerprint density at radius 3 is 2.52 bits per heavy atom. The Morgan fingerprint density at radius 1 is 1.33 bits per heavy atom. The highest BCUT2D eigenvalue weighted by atomic mass is 79.9. The van der Waals surface area contributed by atoms with E-state index in [9.17, 15) is 9.59 Å². The van der Waals surface area contributed by atoms with Crippen LogP contribution in [0.3, 0.4) is 0 Å². The number of benzene rings is 1. The fourth-order valence-electron chi connectivity index (χ4n) is 1.59. The van der Waals surface area contributed by atoms with Gasteiger partial charge in [-0.15, -0.1) is 0 Å². The van der Waals surface area contributed by atoms with Gasteiger partial charge in [-0.2, -0.15) is 0 Å². The topological polar surface area (TPSA) is 66.8 Å². The quantitative estimate of drug-likeness (QED) is 0.761. The molecule has 1 N–H and O–H groups in total. The molecule has 0 saturated heterocycles. The average Bonchev–Trinajstić information content (AvgIpc) is 2.44. The second kappa shape index (κ2) is 7.45. The van der Waals surface area contributed by atoms with Crippen molar-refractivity contribution >= 4 is 27.8 Å². The molecule has 0 radical (unpaired) electrons. The van der Waals surface area contributed by atoms with Crippen molar-refractivity contribution in [2.24, 2.45) is 0 Å². The summed E-state index contributed by atoms with van der Waals surface area (Å²) in [5, 5.41) is 9.09. The molecule has 0 bridgehead atoms. The van der Waals surface area contributed by atoms with E-state index in [-0.39, 0.29) is 12.3 Å². The summed E-state index contributed by atoms with van der Waals surface area (Å²) >= 11 is 3.38. The molecule has 1 rings (SSSR count). The van der Waals surface area contributed by atoms with E-state index in [1.807, 2.05) is 24.3 Å². The maximum atomic E-state index is 12.0. The first-order valence-corrected chi connectivity index (χ1v) is 7.43. The summed E-state index contributed by atoms with van der Waals surface area (Å²) in [6.45, 7) is 3.41. The number of hydrogen-bond acceptors (Lipinski definition) is 3. The number of aliphatic carboxylic acids is 1. The van der Waals surface area contributed by atoms with Crippen molar-refractivity contribution in [3.8, 4) is 5.75 Å². The molecule has 0 unspecified atom stereocenters. The number of halogens is 1. The second-order valence-electron chi connectivity index (χ2n) is 5.20. The number of para-hydroxylation sites is 1. The van der Waals surface area contributed by atoms with Crippen LogP contribution < -0.4 is 4.74 Å². The summed E-state index contributed by atoms with van der Waals surface area (Å²) in [5.41, 5.74) is -1.21. The van der Waals surface area contributed by atoms with Crippen LogP contribution in [0.4, 0.5) is 0 Å². The molecule has 0 fully saturated rings. The van der Waals surface area contributed by atoms with Gasteiger partial charge in [0, 0.05) is 13.5 Å². The second-order valence-corrected chi connectivity index (χ2v) is 6.05. The van der Waals surface area contributed by atoms with Gasteiger partial charge in [0.05, 0.1) is 11.1 Å². The van der Waals surface area contributed by atoms with Gasteiger partial charge in [-0.1, -0.05) is 12.1 Å². The van der Waals surface area contributed by atoms with Gasteiger partial charge in [0.15, 0.2) is 0 Å². The summed E-state index contributed by atoms with van der Waals surface area (Å²) in [5.74, 6) is -0.509. The minimum atomic E-state index is -1.21. The number of ether oxygens (including phenoxy) is 1. The van der Waals surface area contributed by atoms with Crippen LogP contribution in [0, 0.1) is 0 Å². The third-order valence-electron chi connectivity index (χ3n) is 3.37. The number of amides is 1. The van der Waals surface area contributed by atoms with Crippen LogP contribution in [-0.2, 0) is 9.59 Å². The zero-order valence-corrected chi connectivity index (χ0v) is 14.0. The molecule has 1 aromatic carbocycles. The number of hydrogen-bond donors (Lipinski definition) is 1. The number of nitrogens with zero attached hydrogens (tertiary/aromatic N) is 1. The third-order valence-corrected chi connectivity index (χ3v) is 4.02. The van der Waals surface area contributed by atoms with Crippen molar-refractivity contribution in [3.63, 3.8) is 0 Å². The van der Waals surface area contributed by atoms with E-state index >= 15 is 0 Å². The Bertz CT molecular complexity index is 516. The summed E-state index contributed by atoms with van der Waals surface area (Å²) in [7, 11) is 1.51. The van der Waals surface area contributed by atoms with Crippen LogP contribution in [0.15, 0.2) is 28.7 Å². The van der Waals surface area contributed by atoms with Crippen LogP contribution in [0.25, 0.3) is 0 Å². The van der Waals surface area contributed by atoms with Crippen LogP contribution in [0.5, 0.6) is 5.75 Å². The van der Waals surface area contributed by atoms with E-state index in [0.717, 1.165) is 10.2 Å². The van der Waals surface area contributed by atoms with Crippen molar-refractivity contribution < 1.29 is 19.4 Å². The van der Waals surface area contributed by atoms with Crippen LogP contribution in [0.1, 0.15) is 26.7 Å². The number of carboxylic acids is 1. The van der Waals surface area contributed by atoms with Gasteiger partial charge in [0.25, 0.3) is 0 Å². The predicted molar refractivity (Wildman–Crippen MR) is 83.4 cm³/mol. The molecule has 1 aromatic rings. The largest absolute Gasteiger partial charge is 0.492 e. The smallest absolute Gasteiger partial charge is 0.329 e. The van der Waals surface area contributed by atoms with Crippen LogP contribution in [-0.4, -0.2) is 41.1 Å². The number of carbonyl (C=O) groups is 2. The molecular formula is C15H20BrNO4. The van der Waals surface area contributed by atoms with Gasteiger partial charge in [-0.25, -0.2) is 4.79 Å². The molecule has 1 amide bonds. The molecular weight excluding hydrogens is 338 g/mol. The fraction of sp³-hybridized carbons (Fsp3) is 0.467. The van der Waals surface area contributed by atoms with E-state index in [2.05, 4.69) is 15.9 Å². The Kier molecular flexibility index (Phi) is 6.20. The van der Waals surface area contributed by atoms with E-state index in [1.165, 1.54) is 25.8 Å². The molecule has 0 heterocycles. The highest BCUT2D eigenvalue weighted by molar-refractivity contribution is 9.10. The number of likely N-dealkylation sites (N-methyl/N-ethyl adjacent to an activating group) is 1. The maximum Gasteiger partial charge on any atom is 0.329 e. The molecule has 6 heteroatoms.